The molecule has 2 aromatic rings. The first-order valence-corrected chi connectivity index (χ1v) is 10.5. The lowest BCUT2D eigenvalue weighted by molar-refractivity contribution is -0.140. The first kappa shape index (κ1) is 21.8. The zero-order chi connectivity index (χ0) is 23.2. The zero-order valence-electron chi connectivity index (χ0n) is 18.2. The number of ether oxygens (including phenoxy) is 1. The van der Waals surface area contributed by atoms with E-state index in [1.807, 2.05) is 19.1 Å². The maximum absolute atomic E-state index is 13.8. The number of carbonyl (C=O) groups is 3. The third-order valence-electron chi connectivity index (χ3n) is 6.01. The normalized spacial score (nSPS) is 21.2. The van der Waals surface area contributed by atoms with Crippen LogP contribution in [0, 0.1) is 12.8 Å². The summed E-state index contributed by atoms with van der Waals surface area (Å²) in [4.78, 5) is 38.8. The van der Waals surface area contributed by atoms with Crippen molar-refractivity contribution in [2.75, 3.05) is 6.54 Å². The quantitative estimate of drug-likeness (QED) is 0.709. The number of hydrogen-bond acceptors (Lipinski definition) is 5. The Kier molecular flexibility index (Phi) is 5.62. The van der Waals surface area contributed by atoms with Gasteiger partial charge < -0.3 is 20.7 Å². The van der Waals surface area contributed by atoms with Gasteiger partial charge in [-0.05, 0) is 62.8 Å². The van der Waals surface area contributed by atoms with Gasteiger partial charge in [-0.15, -0.1) is 5.10 Å². The first-order valence-electron chi connectivity index (χ1n) is 10.5. The van der Waals surface area contributed by atoms with Crippen molar-refractivity contribution in [2.45, 2.75) is 52.2 Å². The van der Waals surface area contributed by atoms with Crippen LogP contribution in [0.25, 0.3) is 10.9 Å². The molecule has 1 saturated heterocycles. The van der Waals surface area contributed by atoms with Gasteiger partial charge in [0.05, 0.1) is 17.4 Å². The molecule has 1 aromatic heterocycles. The summed E-state index contributed by atoms with van der Waals surface area (Å²) in [7, 11) is 0. The Hall–Kier alpha value is -3.43. The summed E-state index contributed by atoms with van der Waals surface area (Å²) >= 11 is 0. The molecule has 3 amide bonds. The highest BCUT2D eigenvalue weighted by Crippen LogP contribution is 2.48. The third-order valence-corrected chi connectivity index (χ3v) is 6.01. The van der Waals surface area contributed by atoms with E-state index in [0.717, 1.165) is 12.0 Å². The molecule has 3 atom stereocenters. The van der Waals surface area contributed by atoms with Crippen molar-refractivity contribution in [3.05, 3.63) is 35.2 Å². The highest BCUT2D eigenvalue weighted by atomic mass is 19.1. The van der Waals surface area contributed by atoms with Crippen LogP contribution in [0.2, 0.25) is 0 Å². The molecule has 170 valence electrons. The first-order chi connectivity index (χ1) is 15.2. The van der Waals surface area contributed by atoms with Crippen molar-refractivity contribution in [3.8, 4) is 5.88 Å². The Morgan fingerprint density at radius 3 is 2.72 bits per heavy atom. The summed E-state index contributed by atoms with van der Waals surface area (Å²) in [5, 5.41) is 7.41. The van der Waals surface area contributed by atoms with Crippen molar-refractivity contribution < 1.29 is 23.5 Å². The predicted molar refractivity (Wildman–Crippen MR) is 114 cm³/mol. The number of hydrogen-bond donors (Lipinski definition) is 2. The van der Waals surface area contributed by atoms with Gasteiger partial charge in [-0.2, -0.15) is 0 Å². The fourth-order valence-corrected chi connectivity index (χ4v) is 4.26. The van der Waals surface area contributed by atoms with Gasteiger partial charge in [0.25, 0.3) is 5.88 Å². The second-order valence-corrected chi connectivity index (χ2v) is 8.64. The van der Waals surface area contributed by atoms with Gasteiger partial charge in [0.2, 0.25) is 11.8 Å². The van der Waals surface area contributed by atoms with Gasteiger partial charge in [0, 0.05) is 6.04 Å². The van der Waals surface area contributed by atoms with Gasteiger partial charge in [-0.1, -0.05) is 6.07 Å². The second-order valence-electron chi connectivity index (χ2n) is 8.64. The van der Waals surface area contributed by atoms with Gasteiger partial charge in [-0.25, -0.2) is 9.18 Å². The van der Waals surface area contributed by atoms with Crippen LogP contribution in [0.4, 0.5) is 9.18 Å². The highest BCUT2D eigenvalue weighted by Gasteiger charge is 2.55. The van der Waals surface area contributed by atoms with Crippen molar-refractivity contribution in [1.82, 2.24) is 20.0 Å². The van der Waals surface area contributed by atoms with Crippen LogP contribution >= 0.6 is 0 Å². The van der Waals surface area contributed by atoms with Crippen LogP contribution in [0.3, 0.4) is 0 Å². The number of benzene rings is 1. The summed E-state index contributed by atoms with van der Waals surface area (Å²) < 4.78 is 20.3. The van der Waals surface area contributed by atoms with Crippen molar-refractivity contribution in [1.29, 1.82) is 0 Å². The van der Waals surface area contributed by atoms with Crippen molar-refractivity contribution in [3.63, 3.8) is 0 Å². The number of amides is 3. The molecule has 2 aliphatic rings. The predicted octanol–water partition coefficient (Wildman–Crippen LogP) is 2.17. The number of aromatic nitrogens is 2. The number of primary amides is 1. The van der Waals surface area contributed by atoms with E-state index < -0.39 is 12.1 Å². The molecule has 10 heteroatoms. The minimum atomic E-state index is -0.996. The maximum Gasteiger partial charge on any atom is 0.411 e. The molecule has 0 bridgehead atoms. The molecule has 3 N–H and O–H groups in total. The van der Waals surface area contributed by atoms with E-state index in [1.54, 1.807) is 24.8 Å². The highest BCUT2D eigenvalue weighted by molar-refractivity contribution is 5.91. The fraction of sp³-hybridized carbons (Fsp3) is 0.455. The fourth-order valence-electron chi connectivity index (χ4n) is 4.26. The van der Waals surface area contributed by atoms with E-state index in [2.05, 4.69) is 10.4 Å². The lowest BCUT2D eigenvalue weighted by atomic mass is 10.1. The van der Waals surface area contributed by atoms with Crippen LogP contribution in [-0.4, -0.2) is 51.2 Å². The van der Waals surface area contributed by atoms with Crippen molar-refractivity contribution in [2.24, 2.45) is 11.7 Å². The maximum atomic E-state index is 13.8. The number of halogens is 1. The monoisotopic (exact) mass is 443 g/mol. The van der Waals surface area contributed by atoms with E-state index in [9.17, 15) is 18.8 Å². The second kappa shape index (κ2) is 8.25. The summed E-state index contributed by atoms with van der Waals surface area (Å²) in [6.07, 6.45) is 0.421. The Morgan fingerprint density at radius 1 is 1.28 bits per heavy atom. The van der Waals surface area contributed by atoms with E-state index in [0.29, 0.717) is 22.9 Å². The standard InChI is InChI=1S/C22H26FN5O4/c1-11(2)15(23)9-25-20(30)18-8-13-7-16(13)28(18)19(29)10-27-17-6-12(3)4-5-14(17)21(26-27)32-22(24)31/h4-6,13,16,18H,7-10H2,1-3H3,(H2,24,31)(H,25,30)/t13-,16-,18+/m1/s1. The molecule has 2 fully saturated rings. The zero-order valence-corrected chi connectivity index (χ0v) is 18.2. The summed E-state index contributed by atoms with van der Waals surface area (Å²) in [5.41, 5.74) is 7.20. The van der Waals surface area contributed by atoms with Crippen molar-refractivity contribution >= 4 is 28.8 Å². The molecule has 1 aromatic carbocycles. The molecule has 32 heavy (non-hydrogen) atoms. The van der Waals surface area contributed by atoms with E-state index in [1.165, 1.54) is 4.68 Å². The lowest BCUT2D eigenvalue weighted by Gasteiger charge is -2.27. The molecular formula is C22H26FN5O4. The van der Waals surface area contributed by atoms with Crippen LogP contribution in [0.15, 0.2) is 29.6 Å². The Morgan fingerprint density at radius 2 is 2.03 bits per heavy atom. The molecule has 1 aliphatic heterocycles. The molecule has 4 rings (SSSR count). The van der Waals surface area contributed by atoms with Crippen LogP contribution < -0.4 is 15.8 Å². The Labute approximate surface area is 184 Å². The van der Waals surface area contributed by atoms with E-state index in [-0.39, 0.29) is 48.6 Å². The largest absolute Gasteiger partial charge is 0.411 e. The van der Waals surface area contributed by atoms with Gasteiger partial charge in [0.15, 0.2) is 0 Å². The molecule has 9 nitrogen and oxygen atoms in total. The number of nitrogens with one attached hydrogen (secondary N) is 1. The van der Waals surface area contributed by atoms with E-state index in [4.69, 9.17) is 10.5 Å². The van der Waals surface area contributed by atoms with Gasteiger partial charge in [0.1, 0.15) is 18.4 Å². The number of nitrogens with zero attached hydrogens (tertiary/aromatic N) is 3. The number of carbonyl (C=O) groups excluding carboxylic acids is 3. The molecule has 1 saturated carbocycles. The number of fused-ring (bicyclic) bond motifs is 2. The number of nitrogens with two attached hydrogens (primary N) is 1. The average Bonchev–Trinajstić information content (AvgIpc) is 3.27. The number of allylic oxidation sites excluding steroid dienone is 1. The molecule has 2 heterocycles. The SMILES string of the molecule is CC(C)=C(F)CNC(=O)[C@@H]1C[C@H]2C[C@H]2N1C(=O)Cn1nc(OC(N)=O)c2ccc(C)cc21. The Bertz CT molecular complexity index is 1140. The van der Waals surface area contributed by atoms with Crippen LogP contribution in [0.1, 0.15) is 32.3 Å². The number of piperidine rings is 1. The molecule has 0 spiro atoms. The summed E-state index contributed by atoms with van der Waals surface area (Å²) in [6, 6.07) is 4.79. The number of rotatable bonds is 6. The average molecular weight is 443 g/mol. The Balaban J connectivity index is 1.54. The minimum absolute atomic E-state index is 0.0106. The van der Waals surface area contributed by atoms with E-state index >= 15 is 0 Å². The summed E-state index contributed by atoms with van der Waals surface area (Å²) in [5.74, 6) is -0.708. The summed E-state index contributed by atoms with van der Waals surface area (Å²) in [6.45, 7) is 4.85. The third kappa shape index (κ3) is 4.17. The molecule has 1 aliphatic carbocycles. The molecule has 0 unspecified atom stereocenters. The smallest absolute Gasteiger partial charge is 0.389 e. The minimum Gasteiger partial charge on any atom is -0.389 e. The topological polar surface area (TPSA) is 120 Å². The lowest BCUT2D eigenvalue weighted by Crippen LogP contribution is -2.49. The molecule has 0 radical (unpaired) electrons. The van der Waals surface area contributed by atoms with Gasteiger partial charge >= 0.3 is 6.09 Å². The molecular weight excluding hydrogens is 417 g/mol. The number of aryl methyl sites for hydroxylation is 1. The van der Waals surface area contributed by atoms with Gasteiger partial charge in [-0.3, -0.25) is 14.3 Å². The van der Waals surface area contributed by atoms with Crippen LogP contribution in [0.5, 0.6) is 5.88 Å². The van der Waals surface area contributed by atoms with Crippen LogP contribution in [-0.2, 0) is 16.1 Å². The number of likely N-dealkylation sites (tertiary alicyclic amines) is 1.